The van der Waals surface area contributed by atoms with E-state index in [0.29, 0.717) is 0 Å². The van der Waals surface area contributed by atoms with Crippen LogP contribution in [0.25, 0.3) is 22.4 Å². The Kier molecular flexibility index (Phi) is 4.24. The van der Waals surface area contributed by atoms with Gasteiger partial charge >= 0.3 is 0 Å². The van der Waals surface area contributed by atoms with Gasteiger partial charge in [0.15, 0.2) is 0 Å². The average molecular weight is 348 g/mol. The number of aromatic nitrogens is 2. The van der Waals surface area contributed by atoms with E-state index in [9.17, 15) is 4.79 Å². The zero-order valence-electron chi connectivity index (χ0n) is 15.2. The fraction of sp³-hybridized carbons (Fsp3) is 0.333. The second-order valence-electron chi connectivity index (χ2n) is 7.20. The fourth-order valence-corrected chi connectivity index (χ4v) is 3.88. The molecule has 0 aliphatic heterocycles. The van der Waals surface area contributed by atoms with Gasteiger partial charge in [0, 0.05) is 37.3 Å². The molecule has 0 spiro atoms. The van der Waals surface area contributed by atoms with Crippen LogP contribution in [0.4, 0.5) is 5.69 Å². The minimum atomic E-state index is 0.0505. The summed E-state index contributed by atoms with van der Waals surface area (Å²) in [5, 5.41) is 0. The second-order valence-corrected chi connectivity index (χ2v) is 7.20. The molecule has 2 aromatic carbocycles. The van der Waals surface area contributed by atoms with Crippen molar-refractivity contribution in [2.45, 2.75) is 25.3 Å². The second kappa shape index (κ2) is 6.57. The molecule has 2 N–H and O–H groups in total. The molecule has 2 atom stereocenters. The summed E-state index contributed by atoms with van der Waals surface area (Å²) in [5.41, 5.74) is 9.98. The maximum atomic E-state index is 12.7. The third-order valence-electron chi connectivity index (χ3n) is 5.45. The van der Waals surface area contributed by atoms with Gasteiger partial charge < -0.3 is 15.2 Å². The number of nitrogens with two attached hydrogens (primary N) is 1. The summed E-state index contributed by atoms with van der Waals surface area (Å²) in [6, 6.07) is 16.3. The minimum Gasteiger partial charge on any atom is -0.328 e. The lowest BCUT2D eigenvalue weighted by molar-refractivity contribution is -0.121. The summed E-state index contributed by atoms with van der Waals surface area (Å²) in [6.45, 7) is 0. The first kappa shape index (κ1) is 16.8. The highest BCUT2D eigenvalue weighted by molar-refractivity contribution is 5.95. The molecule has 134 valence electrons. The van der Waals surface area contributed by atoms with E-state index in [0.717, 1.165) is 47.4 Å². The number of para-hydroxylation sites is 2. The summed E-state index contributed by atoms with van der Waals surface area (Å²) in [7, 11) is 3.87. The van der Waals surface area contributed by atoms with Crippen molar-refractivity contribution >= 4 is 22.6 Å². The quantitative estimate of drug-likeness (QED) is 0.789. The molecule has 0 radical (unpaired) electrons. The molecule has 1 aliphatic carbocycles. The molecule has 5 nitrogen and oxygen atoms in total. The Balaban J connectivity index is 1.58. The number of hydrogen-bond donors (Lipinski definition) is 1. The third kappa shape index (κ3) is 2.88. The Bertz CT molecular complexity index is 944. The summed E-state index contributed by atoms with van der Waals surface area (Å²) in [5.74, 6) is 1.14. The number of amides is 1. The van der Waals surface area contributed by atoms with Crippen molar-refractivity contribution in [1.82, 2.24) is 9.55 Å². The molecule has 2 unspecified atom stereocenters. The lowest BCUT2D eigenvalue weighted by Gasteiger charge is -2.21. The van der Waals surface area contributed by atoms with Crippen LogP contribution in [0, 0.1) is 5.92 Å². The van der Waals surface area contributed by atoms with Gasteiger partial charge in [-0.05, 0) is 55.7 Å². The Morgan fingerprint density at radius 2 is 1.88 bits per heavy atom. The van der Waals surface area contributed by atoms with Crippen molar-refractivity contribution in [3.05, 3.63) is 48.5 Å². The molecule has 5 heteroatoms. The number of fused-ring (bicyclic) bond motifs is 1. The van der Waals surface area contributed by atoms with Gasteiger partial charge in [0.1, 0.15) is 5.82 Å². The molecule has 1 saturated carbocycles. The van der Waals surface area contributed by atoms with E-state index in [4.69, 9.17) is 10.7 Å². The van der Waals surface area contributed by atoms with Crippen LogP contribution in [0.15, 0.2) is 48.5 Å². The first-order valence-corrected chi connectivity index (χ1v) is 9.09. The van der Waals surface area contributed by atoms with Crippen LogP contribution in [-0.4, -0.2) is 28.5 Å². The standard InChI is InChI=1S/C21H24N4O/c1-24(21(26)15-7-10-16(22)13-15)17-11-8-14(9-12-17)20-23-18-5-3-4-6-19(18)25(20)2/h3-6,8-9,11-12,15-16H,7,10,13,22H2,1-2H3. The Morgan fingerprint density at radius 3 is 2.54 bits per heavy atom. The van der Waals surface area contributed by atoms with Crippen molar-refractivity contribution in [2.75, 3.05) is 11.9 Å². The lowest BCUT2D eigenvalue weighted by Crippen LogP contribution is -2.32. The largest absolute Gasteiger partial charge is 0.328 e. The van der Waals surface area contributed by atoms with E-state index in [1.54, 1.807) is 4.90 Å². The summed E-state index contributed by atoms with van der Waals surface area (Å²) < 4.78 is 2.10. The zero-order valence-corrected chi connectivity index (χ0v) is 15.2. The van der Waals surface area contributed by atoms with Gasteiger partial charge in [0.25, 0.3) is 0 Å². The number of imidazole rings is 1. The van der Waals surface area contributed by atoms with Gasteiger partial charge in [-0.1, -0.05) is 12.1 Å². The molecule has 3 aromatic rings. The monoisotopic (exact) mass is 348 g/mol. The first-order valence-electron chi connectivity index (χ1n) is 9.09. The van der Waals surface area contributed by atoms with Gasteiger partial charge in [-0.2, -0.15) is 0 Å². The Hall–Kier alpha value is -2.66. The molecular weight excluding hydrogens is 324 g/mol. The molecule has 0 saturated heterocycles. The SMILES string of the molecule is CN(C(=O)C1CCC(N)C1)c1ccc(-c2nc3ccccc3n2C)cc1. The summed E-state index contributed by atoms with van der Waals surface area (Å²) in [4.78, 5) is 19.2. The molecule has 1 aliphatic rings. The summed E-state index contributed by atoms with van der Waals surface area (Å²) >= 11 is 0. The van der Waals surface area contributed by atoms with E-state index < -0.39 is 0 Å². The molecule has 1 fully saturated rings. The number of benzene rings is 2. The molecular formula is C21H24N4O. The summed E-state index contributed by atoms with van der Waals surface area (Å²) in [6.07, 6.45) is 2.62. The fourth-order valence-electron chi connectivity index (χ4n) is 3.88. The normalized spacial score (nSPS) is 19.8. The number of rotatable bonds is 3. The molecule has 26 heavy (non-hydrogen) atoms. The van der Waals surface area contributed by atoms with Crippen LogP contribution in [0.5, 0.6) is 0 Å². The maximum absolute atomic E-state index is 12.7. The number of hydrogen-bond acceptors (Lipinski definition) is 3. The number of nitrogens with zero attached hydrogens (tertiary/aromatic N) is 3. The van der Waals surface area contributed by atoms with E-state index >= 15 is 0 Å². The van der Waals surface area contributed by atoms with Crippen molar-refractivity contribution in [3.8, 4) is 11.4 Å². The predicted octanol–water partition coefficient (Wildman–Crippen LogP) is 3.33. The highest BCUT2D eigenvalue weighted by atomic mass is 16.2. The van der Waals surface area contributed by atoms with Crippen molar-refractivity contribution in [1.29, 1.82) is 0 Å². The highest BCUT2D eigenvalue weighted by Crippen LogP contribution is 2.29. The highest BCUT2D eigenvalue weighted by Gasteiger charge is 2.30. The van der Waals surface area contributed by atoms with Gasteiger partial charge in [-0.3, -0.25) is 4.79 Å². The Labute approximate surface area is 153 Å². The topological polar surface area (TPSA) is 64.2 Å². The number of aryl methyl sites for hydroxylation is 1. The first-order chi connectivity index (χ1) is 12.5. The van der Waals surface area contributed by atoms with Crippen LogP contribution < -0.4 is 10.6 Å². The predicted molar refractivity (Wildman–Crippen MR) is 105 cm³/mol. The van der Waals surface area contributed by atoms with Gasteiger partial charge in [0.05, 0.1) is 11.0 Å². The number of carbonyl (C=O) groups excluding carboxylic acids is 1. The maximum Gasteiger partial charge on any atom is 0.229 e. The van der Waals surface area contributed by atoms with Crippen LogP contribution in [0.1, 0.15) is 19.3 Å². The van der Waals surface area contributed by atoms with E-state index in [-0.39, 0.29) is 17.9 Å². The average Bonchev–Trinajstić information content (AvgIpc) is 3.25. The van der Waals surface area contributed by atoms with Crippen LogP contribution >= 0.6 is 0 Å². The van der Waals surface area contributed by atoms with E-state index in [1.165, 1.54) is 0 Å². The van der Waals surface area contributed by atoms with Crippen molar-refractivity contribution < 1.29 is 4.79 Å². The van der Waals surface area contributed by atoms with Crippen molar-refractivity contribution in [3.63, 3.8) is 0 Å². The van der Waals surface area contributed by atoms with Crippen molar-refractivity contribution in [2.24, 2.45) is 18.7 Å². The molecule has 0 bridgehead atoms. The Morgan fingerprint density at radius 1 is 1.15 bits per heavy atom. The van der Waals surface area contributed by atoms with Gasteiger partial charge in [0.2, 0.25) is 5.91 Å². The number of carbonyl (C=O) groups is 1. The molecule has 1 aromatic heterocycles. The van der Waals surface area contributed by atoms with Gasteiger partial charge in [-0.25, -0.2) is 4.98 Å². The third-order valence-corrected chi connectivity index (χ3v) is 5.45. The zero-order chi connectivity index (χ0) is 18.3. The molecule has 4 rings (SSSR count). The smallest absolute Gasteiger partial charge is 0.229 e. The minimum absolute atomic E-state index is 0.0505. The molecule has 1 heterocycles. The lowest BCUT2D eigenvalue weighted by atomic mass is 10.1. The van der Waals surface area contributed by atoms with E-state index in [1.807, 2.05) is 56.6 Å². The van der Waals surface area contributed by atoms with Crippen LogP contribution in [0.3, 0.4) is 0 Å². The van der Waals surface area contributed by atoms with Gasteiger partial charge in [-0.15, -0.1) is 0 Å². The van der Waals surface area contributed by atoms with E-state index in [2.05, 4.69) is 10.6 Å². The molecule has 1 amide bonds. The number of anilines is 1. The van der Waals surface area contributed by atoms with Crippen LogP contribution in [0.2, 0.25) is 0 Å². The van der Waals surface area contributed by atoms with Crippen LogP contribution in [-0.2, 0) is 11.8 Å².